The highest BCUT2D eigenvalue weighted by Crippen LogP contribution is 1.98. The van der Waals surface area contributed by atoms with E-state index in [1.165, 1.54) is 0 Å². The number of nitrogens with two attached hydrogens (primary N) is 3. The third-order valence-corrected chi connectivity index (χ3v) is 3.97. The predicted molar refractivity (Wildman–Crippen MR) is 125 cm³/mol. The Morgan fingerprint density at radius 1 is 0.667 bits per heavy atom. The lowest BCUT2D eigenvalue weighted by atomic mass is 10.1. The normalized spacial score (nSPS) is 12.2. The second-order valence-electron chi connectivity index (χ2n) is 7.07. The van der Waals surface area contributed by atoms with Crippen LogP contribution in [-0.2, 0) is 14.4 Å². The highest BCUT2D eigenvalue weighted by atomic mass is 16.4. The van der Waals surface area contributed by atoms with Gasteiger partial charge in [-0.3, -0.25) is 14.4 Å². The van der Waals surface area contributed by atoms with Crippen molar-refractivity contribution in [2.75, 3.05) is 0 Å². The number of unbranched alkanes of at least 4 members (excludes halogenated alkanes) is 3. The van der Waals surface area contributed by atoms with Crippen molar-refractivity contribution in [1.29, 1.82) is 0 Å². The number of hydrogen-bond donors (Lipinski definition) is 6. The van der Waals surface area contributed by atoms with Crippen molar-refractivity contribution in [1.82, 2.24) is 15.4 Å². The van der Waals surface area contributed by atoms with Crippen LogP contribution in [0.5, 0.6) is 0 Å². The van der Waals surface area contributed by atoms with E-state index in [-0.39, 0.29) is 0 Å². The molecule has 0 bridgehead atoms. The molecule has 0 saturated heterocycles. The van der Waals surface area contributed by atoms with E-state index in [0.717, 1.165) is 38.5 Å². The van der Waals surface area contributed by atoms with Crippen molar-refractivity contribution < 1.29 is 29.7 Å². The number of nitrogens with zero attached hydrogens (tertiary/aromatic N) is 3. The topological polar surface area (TPSA) is 229 Å². The molecular weight excluding hydrogens is 432 g/mol. The fraction of sp³-hybridized carbons (Fsp3) is 0.714. The molecule has 1 rings (SSSR count). The summed E-state index contributed by atoms with van der Waals surface area (Å²) in [6, 6.07) is -0.271. The molecule has 0 aromatic carbocycles. The number of aromatic nitrogens is 3. The summed E-state index contributed by atoms with van der Waals surface area (Å²) >= 11 is 0. The molecule has 12 nitrogen and oxygen atoms in total. The Bertz CT molecular complexity index is 510. The lowest BCUT2D eigenvalue weighted by Gasteiger charge is -2.02. The van der Waals surface area contributed by atoms with Gasteiger partial charge in [0.1, 0.15) is 18.1 Å². The molecule has 0 fully saturated rings. The molecular formula is C21H42N6O6. The standard InChI is InChI=1S/3C6H13NO2.C3H3N3/c3*1-2-3-4-5(7)6(8)9;1-2-4-6-5-3-1/h3*5H,2-4,7H2,1H3,(H,8,9);1-3H. The van der Waals surface area contributed by atoms with E-state index in [0.29, 0.717) is 19.3 Å². The van der Waals surface area contributed by atoms with Crippen LogP contribution < -0.4 is 17.2 Å². The van der Waals surface area contributed by atoms with Crippen LogP contribution in [0, 0.1) is 0 Å². The molecule has 1 heterocycles. The second-order valence-corrected chi connectivity index (χ2v) is 7.07. The van der Waals surface area contributed by atoms with Gasteiger partial charge in [-0.05, 0) is 30.5 Å². The number of carboxylic acid groups (broad SMARTS) is 3. The molecule has 9 N–H and O–H groups in total. The van der Waals surface area contributed by atoms with Crippen LogP contribution >= 0.6 is 0 Å². The summed E-state index contributed by atoms with van der Waals surface area (Å²) < 4.78 is 0. The first-order valence-electron chi connectivity index (χ1n) is 11.1. The Hall–Kier alpha value is -2.70. The molecule has 1 aromatic rings. The van der Waals surface area contributed by atoms with Crippen LogP contribution in [0.1, 0.15) is 78.6 Å². The molecule has 0 spiro atoms. The fourth-order valence-electron chi connectivity index (χ4n) is 1.85. The highest BCUT2D eigenvalue weighted by Gasteiger charge is 2.10. The van der Waals surface area contributed by atoms with Gasteiger partial charge in [-0.1, -0.05) is 59.3 Å². The van der Waals surface area contributed by atoms with Crippen molar-refractivity contribution in [3.05, 3.63) is 18.5 Å². The molecule has 0 aliphatic rings. The number of aliphatic carboxylic acids is 3. The lowest BCUT2D eigenvalue weighted by Crippen LogP contribution is -2.29. The number of rotatable bonds is 12. The van der Waals surface area contributed by atoms with Crippen molar-refractivity contribution >= 4 is 17.9 Å². The summed E-state index contributed by atoms with van der Waals surface area (Å²) in [5.41, 5.74) is 15.6. The largest absolute Gasteiger partial charge is 0.480 e. The van der Waals surface area contributed by atoms with Crippen LogP contribution in [0.15, 0.2) is 18.5 Å². The van der Waals surface area contributed by atoms with Crippen molar-refractivity contribution in [2.24, 2.45) is 17.2 Å². The van der Waals surface area contributed by atoms with Crippen LogP contribution in [0.4, 0.5) is 0 Å². The minimum Gasteiger partial charge on any atom is -0.480 e. The highest BCUT2D eigenvalue weighted by molar-refractivity contribution is 5.73. The minimum atomic E-state index is -0.900. The molecule has 0 amide bonds. The summed E-state index contributed by atoms with van der Waals surface area (Å²) in [6.45, 7) is 6.03. The Kier molecular flexibility index (Phi) is 27.0. The van der Waals surface area contributed by atoms with E-state index in [9.17, 15) is 14.4 Å². The zero-order valence-corrected chi connectivity index (χ0v) is 20.0. The maximum absolute atomic E-state index is 10.1. The maximum Gasteiger partial charge on any atom is 0.320 e. The van der Waals surface area contributed by atoms with E-state index in [4.69, 9.17) is 32.5 Å². The zero-order valence-electron chi connectivity index (χ0n) is 20.0. The Morgan fingerprint density at radius 3 is 1.06 bits per heavy atom. The van der Waals surface area contributed by atoms with Crippen molar-refractivity contribution in [3.63, 3.8) is 0 Å². The molecule has 3 unspecified atom stereocenters. The van der Waals surface area contributed by atoms with E-state index in [1.807, 2.05) is 20.8 Å². The smallest absolute Gasteiger partial charge is 0.320 e. The fourth-order valence-corrected chi connectivity index (χ4v) is 1.85. The lowest BCUT2D eigenvalue weighted by molar-refractivity contribution is -0.139. The van der Waals surface area contributed by atoms with Crippen LogP contribution in [0.25, 0.3) is 0 Å². The zero-order chi connectivity index (χ0) is 26.1. The molecule has 33 heavy (non-hydrogen) atoms. The molecule has 0 aliphatic carbocycles. The van der Waals surface area contributed by atoms with Crippen molar-refractivity contribution in [2.45, 2.75) is 96.7 Å². The van der Waals surface area contributed by atoms with E-state index < -0.39 is 36.0 Å². The molecule has 0 aliphatic heterocycles. The third-order valence-electron chi connectivity index (χ3n) is 3.97. The monoisotopic (exact) mass is 474 g/mol. The molecule has 12 heteroatoms. The first-order chi connectivity index (χ1) is 15.5. The minimum absolute atomic E-state index is 0.589. The molecule has 192 valence electrons. The molecule has 3 atom stereocenters. The second kappa shape index (κ2) is 25.6. The summed E-state index contributed by atoms with van der Waals surface area (Å²) in [5, 5.41) is 35.0. The van der Waals surface area contributed by atoms with Gasteiger partial charge in [0.15, 0.2) is 0 Å². The summed E-state index contributed by atoms with van der Waals surface area (Å²) in [5.74, 6) is -2.70. The number of carboxylic acids is 3. The first-order valence-corrected chi connectivity index (χ1v) is 11.1. The van der Waals surface area contributed by atoms with E-state index in [1.54, 1.807) is 18.5 Å². The summed E-state index contributed by atoms with van der Waals surface area (Å²) in [4.78, 5) is 30.2. The van der Waals surface area contributed by atoms with Gasteiger partial charge >= 0.3 is 17.9 Å². The van der Waals surface area contributed by atoms with Gasteiger partial charge in [-0.15, -0.1) is 10.2 Å². The van der Waals surface area contributed by atoms with Gasteiger partial charge in [0.2, 0.25) is 0 Å². The van der Waals surface area contributed by atoms with Crippen LogP contribution in [0.3, 0.4) is 0 Å². The number of carbonyl (C=O) groups is 3. The number of hydrogen-bond acceptors (Lipinski definition) is 9. The average molecular weight is 475 g/mol. The van der Waals surface area contributed by atoms with Gasteiger partial charge in [-0.2, -0.15) is 0 Å². The first kappa shape index (κ1) is 34.9. The third kappa shape index (κ3) is 29.3. The quantitative estimate of drug-likeness (QED) is 0.254. The van der Waals surface area contributed by atoms with E-state index in [2.05, 4.69) is 15.4 Å². The van der Waals surface area contributed by atoms with Crippen molar-refractivity contribution in [3.8, 4) is 0 Å². The summed E-state index contributed by atoms with van der Waals surface area (Å²) in [7, 11) is 0. The summed E-state index contributed by atoms with van der Waals surface area (Å²) in [6.07, 6.45) is 10.6. The van der Waals surface area contributed by atoms with Gasteiger partial charge < -0.3 is 32.5 Å². The average Bonchev–Trinajstić information content (AvgIpc) is 2.81. The van der Waals surface area contributed by atoms with Gasteiger partial charge in [0.25, 0.3) is 0 Å². The maximum atomic E-state index is 10.1. The van der Waals surface area contributed by atoms with Gasteiger partial charge in [-0.25, -0.2) is 0 Å². The Balaban J connectivity index is -0.000000367. The Labute approximate surface area is 196 Å². The van der Waals surface area contributed by atoms with E-state index >= 15 is 0 Å². The SMILES string of the molecule is CCCCC(N)C(=O)O.CCCCC(N)C(=O)O.CCCCC(N)C(=O)O.c1cnnnc1. The van der Waals surface area contributed by atoms with Gasteiger partial charge in [0.05, 0.1) is 12.4 Å². The van der Waals surface area contributed by atoms with Gasteiger partial charge in [0, 0.05) is 0 Å². The Morgan fingerprint density at radius 2 is 0.939 bits per heavy atom. The van der Waals surface area contributed by atoms with Crippen LogP contribution in [-0.4, -0.2) is 66.8 Å². The molecule has 0 radical (unpaired) electrons. The molecule has 0 saturated carbocycles. The van der Waals surface area contributed by atoms with Crippen LogP contribution in [0.2, 0.25) is 0 Å². The predicted octanol–water partition coefficient (Wildman–Crippen LogP) is 1.64. The molecule has 1 aromatic heterocycles.